The van der Waals surface area contributed by atoms with Crippen molar-refractivity contribution in [1.82, 2.24) is 4.98 Å². The molecule has 0 unspecified atom stereocenters. The first-order chi connectivity index (χ1) is 11.1. The molecule has 0 amide bonds. The van der Waals surface area contributed by atoms with Crippen molar-refractivity contribution in [2.45, 2.75) is 6.54 Å². The van der Waals surface area contributed by atoms with Crippen molar-refractivity contribution in [2.75, 3.05) is 0 Å². The van der Waals surface area contributed by atoms with Crippen molar-refractivity contribution in [1.29, 1.82) is 0 Å². The van der Waals surface area contributed by atoms with Crippen LogP contribution in [-0.4, -0.2) is 10.8 Å². The van der Waals surface area contributed by atoms with Crippen molar-refractivity contribution >= 4 is 29.0 Å². The molecule has 3 nitrogen and oxygen atoms in total. The van der Waals surface area contributed by atoms with Crippen molar-refractivity contribution in [3.63, 3.8) is 0 Å². The zero-order valence-electron chi connectivity index (χ0n) is 12.1. The first kappa shape index (κ1) is 15.7. The van der Waals surface area contributed by atoms with Gasteiger partial charge >= 0.3 is 0 Å². The molecule has 0 atom stereocenters. The van der Waals surface area contributed by atoms with E-state index in [1.165, 1.54) is 0 Å². The summed E-state index contributed by atoms with van der Waals surface area (Å²) in [5.41, 5.74) is 2.26. The Morgan fingerprint density at radius 2 is 1.74 bits per heavy atom. The average molecular weight is 344 g/mol. The predicted molar refractivity (Wildman–Crippen MR) is 90.7 cm³/mol. The Morgan fingerprint density at radius 3 is 2.39 bits per heavy atom. The second-order valence-electron chi connectivity index (χ2n) is 5.03. The normalized spacial score (nSPS) is 10.5. The van der Waals surface area contributed by atoms with E-state index < -0.39 is 0 Å². The highest BCUT2D eigenvalue weighted by Crippen LogP contribution is 2.24. The second kappa shape index (κ2) is 6.90. The van der Waals surface area contributed by atoms with Crippen LogP contribution < -0.4 is 4.57 Å². The third-order valence-electron chi connectivity index (χ3n) is 3.41. The Morgan fingerprint density at radius 1 is 1.00 bits per heavy atom. The van der Waals surface area contributed by atoms with E-state index in [1.54, 1.807) is 35.2 Å². The zero-order chi connectivity index (χ0) is 16.2. The van der Waals surface area contributed by atoms with Gasteiger partial charge in [-0.2, -0.15) is 0 Å². The fraction of sp³-hybridized carbons (Fsp3) is 0.0556. The summed E-state index contributed by atoms with van der Waals surface area (Å²) < 4.78 is 1.73. The number of nitrogens with zero attached hydrogens (tertiary/aromatic N) is 2. The molecule has 0 N–H and O–H groups in total. The highest BCUT2D eigenvalue weighted by molar-refractivity contribution is 6.33. The molecule has 23 heavy (non-hydrogen) atoms. The van der Waals surface area contributed by atoms with Gasteiger partial charge in [-0.3, -0.25) is 4.79 Å². The maximum atomic E-state index is 12.2. The molecule has 3 rings (SSSR count). The topological polar surface area (TPSA) is 33.8 Å². The summed E-state index contributed by atoms with van der Waals surface area (Å²) >= 11 is 12.0. The minimum atomic E-state index is -0.000963. The standard InChI is InChI=1S/C18H13Cl2N2O/c19-14-7-5-13(6-8-14)18(23)11-22-10-9-17(21-12-22)15-3-1-2-4-16(15)20/h1-10,12H,11H2/q+1. The summed E-state index contributed by atoms with van der Waals surface area (Å²) in [6.07, 6.45) is 3.45. The van der Waals surface area contributed by atoms with Crippen LogP contribution in [0, 0.1) is 0 Å². The maximum absolute atomic E-state index is 12.2. The third-order valence-corrected chi connectivity index (χ3v) is 3.99. The molecule has 114 valence electrons. The summed E-state index contributed by atoms with van der Waals surface area (Å²) in [5.74, 6) is -0.000963. The number of hydrogen-bond donors (Lipinski definition) is 0. The molecule has 0 spiro atoms. The van der Waals surface area contributed by atoms with E-state index in [-0.39, 0.29) is 12.3 Å². The predicted octanol–water partition coefficient (Wildman–Crippen LogP) is 4.23. The summed E-state index contributed by atoms with van der Waals surface area (Å²) in [6.45, 7) is 0.220. The molecule has 0 aliphatic heterocycles. The molecule has 0 bridgehead atoms. The quantitative estimate of drug-likeness (QED) is 0.524. The summed E-state index contributed by atoms with van der Waals surface area (Å²) in [4.78, 5) is 16.6. The Kier molecular flexibility index (Phi) is 4.70. The van der Waals surface area contributed by atoms with Crippen LogP contribution in [0.3, 0.4) is 0 Å². The average Bonchev–Trinajstić information content (AvgIpc) is 2.57. The number of rotatable bonds is 4. The number of carbonyl (C=O) groups excluding carboxylic acids is 1. The van der Waals surface area contributed by atoms with Crippen molar-refractivity contribution in [3.8, 4) is 11.3 Å². The van der Waals surface area contributed by atoms with Crippen molar-refractivity contribution in [2.24, 2.45) is 0 Å². The van der Waals surface area contributed by atoms with Crippen LogP contribution in [0.25, 0.3) is 11.3 Å². The maximum Gasteiger partial charge on any atom is 0.287 e. The molecule has 3 aromatic rings. The molecule has 5 heteroatoms. The van der Waals surface area contributed by atoms with E-state index >= 15 is 0 Å². The van der Waals surface area contributed by atoms with Gasteiger partial charge in [-0.1, -0.05) is 35.3 Å². The first-order valence-corrected chi connectivity index (χ1v) is 7.78. The summed E-state index contributed by atoms with van der Waals surface area (Å²) in [6, 6.07) is 16.2. The van der Waals surface area contributed by atoms with E-state index in [0.717, 1.165) is 11.3 Å². The largest absolute Gasteiger partial charge is 0.290 e. The molecule has 0 radical (unpaired) electrons. The van der Waals surface area contributed by atoms with E-state index in [4.69, 9.17) is 23.2 Å². The molecule has 1 aromatic heterocycles. The van der Waals surface area contributed by atoms with Crippen LogP contribution in [0.5, 0.6) is 0 Å². The molecule has 0 aliphatic rings. The highest BCUT2D eigenvalue weighted by Gasteiger charge is 2.13. The van der Waals surface area contributed by atoms with Crippen LogP contribution in [0.2, 0.25) is 10.0 Å². The number of ketones is 1. The van der Waals surface area contributed by atoms with Gasteiger partial charge in [-0.15, -0.1) is 0 Å². The molecule has 1 heterocycles. The Bertz CT molecular complexity index is 830. The summed E-state index contributed by atoms with van der Waals surface area (Å²) in [7, 11) is 0. The van der Waals surface area contributed by atoms with Crippen LogP contribution >= 0.6 is 23.2 Å². The van der Waals surface area contributed by atoms with Gasteiger partial charge in [0.1, 0.15) is 0 Å². The lowest BCUT2D eigenvalue weighted by Crippen LogP contribution is -2.37. The number of benzene rings is 2. The molecule has 0 saturated heterocycles. The second-order valence-corrected chi connectivity index (χ2v) is 5.87. The third kappa shape index (κ3) is 3.76. The smallest absolute Gasteiger partial charge is 0.287 e. The van der Waals surface area contributed by atoms with Crippen LogP contribution in [0.4, 0.5) is 0 Å². The Balaban J connectivity index is 1.76. The first-order valence-electron chi connectivity index (χ1n) is 7.02. The van der Waals surface area contributed by atoms with Gasteiger partial charge in [0.05, 0.1) is 11.2 Å². The minimum absolute atomic E-state index is 0.000963. The molecule has 0 saturated carbocycles. The molecular weight excluding hydrogens is 331 g/mol. The lowest BCUT2D eigenvalue weighted by atomic mass is 10.1. The number of hydrogen-bond acceptors (Lipinski definition) is 2. The lowest BCUT2D eigenvalue weighted by Gasteiger charge is -2.02. The molecular formula is C18H13Cl2N2O+. The monoisotopic (exact) mass is 343 g/mol. The van der Waals surface area contributed by atoms with Crippen molar-refractivity contribution in [3.05, 3.63) is 82.7 Å². The van der Waals surface area contributed by atoms with Gasteiger partial charge in [-0.25, -0.2) is 4.57 Å². The molecule has 2 aromatic carbocycles. The Hall–Kier alpha value is -2.23. The zero-order valence-corrected chi connectivity index (χ0v) is 13.6. The fourth-order valence-corrected chi connectivity index (χ4v) is 2.56. The van der Waals surface area contributed by atoms with Crippen LogP contribution in [0.15, 0.2) is 67.1 Å². The number of aromatic nitrogens is 2. The lowest BCUT2D eigenvalue weighted by molar-refractivity contribution is -0.686. The van der Waals surface area contributed by atoms with Gasteiger partial charge in [0.2, 0.25) is 5.78 Å². The highest BCUT2D eigenvalue weighted by atomic mass is 35.5. The van der Waals surface area contributed by atoms with E-state index in [1.807, 2.05) is 36.5 Å². The fourth-order valence-electron chi connectivity index (χ4n) is 2.20. The molecule has 0 aliphatic carbocycles. The van der Waals surface area contributed by atoms with Crippen LogP contribution in [0.1, 0.15) is 10.4 Å². The van der Waals surface area contributed by atoms with Crippen LogP contribution in [-0.2, 0) is 6.54 Å². The number of halogens is 2. The number of Topliss-reactive ketones (excluding diaryl/α,β-unsaturated/α-hetero) is 1. The minimum Gasteiger partial charge on any atom is -0.290 e. The Labute approximate surface area is 144 Å². The van der Waals surface area contributed by atoms with E-state index in [9.17, 15) is 4.79 Å². The number of carbonyl (C=O) groups is 1. The SMILES string of the molecule is O=C(C[n+]1ccc(-c2ccccc2Cl)nc1)c1ccc(Cl)cc1. The van der Waals surface area contributed by atoms with E-state index in [2.05, 4.69) is 4.98 Å². The van der Waals surface area contributed by atoms with Crippen molar-refractivity contribution < 1.29 is 9.36 Å². The van der Waals surface area contributed by atoms with Gasteiger partial charge in [-0.05, 0) is 41.4 Å². The van der Waals surface area contributed by atoms with Gasteiger partial charge in [0.15, 0.2) is 12.2 Å². The van der Waals surface area contributed by atoms with Gasteiger partial charge < -0.3 is 0 Å². The molecule has 0 fully saturated rings. The summed E-state index contributed by atoms with van der Waals surface area (Å²) in [5, 5.41) is 1.26. The van der Waals surface area contributed by atoms with Gasteiger partial charge in [0.25, 0.3) is 6.33 Å². The van der Waals surface area contributed by atoms with Gasteiger partial charge in [0, 0.05) is 22.2 Å². The van der Waals surface area contributed by atoms with E-state index in [0.29, 0.717) is 15.6 Å².